The van der Waals surface area contributed by atoms with Crippen molar-refractivity contribution < 1.29 is 14.3 Å². The van der Waals surface area contributed by atoms with E-state index in [0.29, 0.717) is 17.6 Å². The molecule has 33 heavy (non-hydrogen) atoms. The third-order valence-electron chi connectivity index (χ3n) is 11.3. The number of fused-ring (bicyclic) bond motifs is 6. The summed E-state index contributed by atoms with van der Waals surface area (Å²) < 4.78 is 12.6. The Morgan fingerprint density at radius 2 is 2.00 bits per heavy atom. The van der Waals surface area contributed by atoms with Crippen molar-refractivity contribution in [1.82, 2.24) is 5.32 Å². The van der Waals surface area contributed by atoms with Crippen LogP contribution >= 0.6 is 0 Å². The van der Waals surface area contributed by atoms with Gasteiger partial charge in [0.05, 0.1) is 11.7 Å². The number of carbonyl (C=O) groups is 1. The number of hydrogen-bond donors (Lipinski definition) is 1. The fraction of sp³-hybridized carbons (Fsp3) is 0.897. The molecule has 5 fully saturated rings. The lowest BCUT2D eigenvalue weighted by molar-refractivity contribution is -0.154. The third-order valence-corrected chi connectivity index (χ3v) is 11.3. The largest absolute Gasteiger partial charge is 0.463 e. The van der Waals surface area contributed by atoms with Crippen LogP contribution in [0, 0.1) is 35.0 Å². The van der Waals surface area contributed by atoms with Crippen molar-refractivity contribution in [2.45, 2.75) is 122 Å². The molecule has 6 aliphatic rings. The molecular formula is C29H45NO3. The molecule has 0 aromatic heterocycles. The number of rotatable bonds is 1. The molecule has 2 saturated heterocycles. The van der Waals surface area contributed by atoms with Crippen LogP contribution in [-0.2, 0) is 14.3 Å². The SMILES string of the molecule is CC(=O)OC1CCC2(C)C(CCC3C4CCC5(CC(C)=C4CC32)CC2NCC(C)CC2O5)C1. The quantitative estimate of drug-likeness (QED) is 0.401. The normalized spacial score (nSPS) is 51.4. The minimum atomic E-state index is -0.103. The molecular weight excluding hydrogens is 410 g/mol. The molecule has 4 heteroatoms. The van der Waals surface area contributed by atoms with Gasteiger partial charge in [0.25, 0.3) is 0 Å². The highest BCUT2D eigenvalue weighted by Crippen LogP contribution is 2.65. The van der Waals surface area contributed by atoms with Crippen molar-refractivity contribution >= 4 is 5.97 Å². The minimum absolute atomic E-state index is 0.0898. The lowest BCUT2D eigenvalue weighted by Crippen LogP contribution is -2.47. The Labute approximate surface area is 200 Å². The van der Waals surface area contributed by atoms with Crippen LogP contribution < -0.4 is 5.32 Å². The van der Waals surface area contributed by atoms with Crippen LogP contribution in [0.1, 0.15) is 98.3 Å². The van der Waals surface area contributed by atoms with E-state index in [1.807, 2.05) is 5.57 Å². The van der Waals surface area contributed by atoms with E-state index in [4.69, 9.17) is 9.47 Å². The van der Waals surface area contributed by atoms with Gasteiger partial charge in [-0.15, -0.1) is 0 Å². The van der Waals surface area contributed by atoms with Crippen LogP contribution in [-0.4, -0.2) is 36.4 Å². The molecule has 0 radical (unpaired) electrons. The average molecular weight is 456 g/mol. The van der Waals surface area contributed by atoms with E-state index in [0.717, 1.165) is 55.4 Å². The van der Waals surface area contributed by atoms with E-state index in [2.05, 4.69) is 26.1 Å². The van der Waals surface area contributed by atoms with E-state index in [1.54, 1.807) is 12.5 Å². The van der Waals surface area contributed by atoms with Crippen LogP contribution in [0.25, 0.3) is 0 Å². The molecule has 2 heterocycles. The highest BCUT2D eigenvalue weighted by atomic mass is 16.5. The molecule has 2 aliphatic heterocycles. The first-order chi connectivity index (χ1) is 15.8. The van der Waals surface area contributed by atoms with Gasteiger partial charge in [-0.25, -0.2) is 0 Å². The molecule has 184 valence electrons. The number of hydrogen-bond acceptors (Lipinski definition) is 4. The number of allylic oxidation sites excluding steroid dienone is 1. The molecule has 3 saturated carbocycles. The molecule has 0 aromatic carbocycles. The maximum absolute atomic E-state index is 11.5. The monoisotopic (exact) mass is 455 g/mol. The number of piperidine rings is 1. The van der Waals surface area contributed by atoms with E-state index < -0.39 is 0 Å². The average Bonchev–Trinajstić information content (AvgIpc) is 3.27. The molecule has 1 N–H and O–H groups in total. The maximum Gasteiger partial charge on any atom is 0.302 e. The van der Waals surface area contributed by atoms with E-state index in [-0.39, 0.29) is 17.7 Å². The smallest absolute Gasteiger partial charge is 0.302 e. The summed E-state index contributed by atoms with van der Waals surface area (Å²) in [5.74, 6) is 3.83. The lowest BCUT2D eigenvalue weighted by Gasteiger charge is -2.54. The van der Waals surface area contributed by atoms with E-state index in [1.165, 1.54) is 51.4 Å². The molecule has 4 aliphatic carbocycles. The van der Waals surface area contributed by atoms with Crippen LogP contribution in [0.5, 0.6) is 0 Å². The molecule has 0 aromatic rings. The van der Waals surface area contributed by atoms with Gasteiger partial charge < -0.3 is 14.8 Å². The molecule has 6 rings (SSSR count). The van der Waals surface area contributed by atoms with Gasteiger partial charge in [-0.2, -0.15) is 0 Å². The summed E-state index contributed by atoms with van der Waals surface area (Å²) in [6, 6.07) is 0.575. The molecule has 1 spiro atoms. The third kappa shape index (κ3) is 3.73. The summed E-state index contributed by atoms with van der Waals surface area (Å²) in [4.78, 5) is 11.5. The molecule has 0 amide bonds. The highest BCUT2D eigenvalue weighted by molar-refractivity contribution is 5.66. The van der Waals surface area contributed by atoms with Gasteiger partial charge in [-0.1, -0.05) is 25.0 Å². The number of esters is 1. The first-order valence-corrected chi connectivity index (χ1v) is 14.0. The Bertz CT molecular complexity index is 837. The van der Waals surface area contributed by atoms with Gasteiger partial charge in [0, 0.05) is 13.0 Å². The van der Waals surface area contributed by atoms with Crippen molar-refractivity contribution in [2.75, 3.05) is 6.54 Å². The second-order valence-corrected chi connectivity index (χ2v) is 13.3. The zero-order valence-corrected chi connectivity index (χ0v) is 21.3. The summed E-state index contributed by atoms with van der Waals surface area (Å²) in [5, 5.41) is 3.81. The first kappa shape index (κ1) is 22.6. The van der Waals surface area contributed by atoms with Crippen LogP contribution in [0.4, 0.5) is 0 Å². The van der Waals surface area contributed by atoms with Gasteiger partial charge in [-0.05, 0) is 119 Å². The van der Waals surface area contributed by atoms with E-state index in [9.17, 15) is 4.79 Å². The predicted molar refractivity (Wildman–Crippen MR) is 130 cm³/mol. The Morgan fingerprint density at radius 3 is 2.82 bits per heavy atom. The standard InChI is InChI=1S/C29H45NO3/c1-17-11-27-26(30-16-17)15-29(33-27)10-8-22-23-6-5-20-12-21(32-19(3)31)7-9-28(20,4)25(23)13-24(22)18(2)14-29/h17,20-23,25-27,30H,5-16H2,1-4H3. The van der Waals surface area contributed by atoms with E-state index >= 15 is 0 Å². The first-order valence-electron chi connectivity index (χ1n) is 14.0. The minimum Gasteiger partial charge on any atom is -0.463 e. The van der Waals surface area contributed by atoms with Crippen LogP contribution in [0.15, 0.2) is 11.1 Å². The molecule has 10 unspecified atom stereocenters. The van der Waals surface area contributed by atoms with Crippen molar-refractivity contribution in [3.05, 3.63) is 11.1 Å². The zero-order chi connectivity index (χ0) is 23.0. The van der Waals surface area contributed by atoms with Gasteiger partial charge in [-0.3, -0.25) is 4.79 Å². The highest BCUT2D eigenvalue weighted by Gasteiger charge is 2.58. The Hall–Kier alpha value is -0.870. The van der Waals surface area contributed by atoms with Gasteiger partial charge >= 0.3 is 5.97 Å². The summed E-state index contributed by atoms with van der Waals surface area (Å²) in [6.07, 6.45) is 14.2. The summed E-state index contributed by atoms with van der Waals surface area (Å²) in [6.45, 7) is 10.1. The second-order valence-electron chi connectivity index (χ2n) is 13.3. The Kier molecular flexibility index (Phi) is 5.53. The molecule has 10 atom stereocenters. The molecule has 0 bridgehead atoms. The summed E-state index contributed by atoms with van der Waals surface area (Å²) >= 11 is 0. The number of ether oxygens (including phenoxy) is 2. The van der Waals surface area contributed by atoms with Crippen LogP contribution in [0.3, 0.4) is 0 Å². The number of nitrogens with one attached hydrogen (secondary N) is 1. The fourth-order valence-electron chi connectivity index (χ4n) is 9.74. The fourth-order valence-corrected chi connectivity index (χ4v) is 9.74. The molecule has 4 nitrogen and oxygen atoms in total. The van der Waals surface area contributed by atoms with Crippen molar-refractivity contribution in [2.24, 2.45) is 35.0 Å². The zero-order valence-electron chi connectivity index (χ0n) is 21.3. The number of carbonyl (C=O) groups excluding carboxylic acids is 1. The second kappa shape index (κ2) is 8.08. The Morgan fingerprint density at radius 1 is 1.15 bits per heavy atom. The lowest BCUT2D eigenvalue weighted by atomic mass is 9.52. The maximum atomic E-state index is 11.5. The van der Waals surface area contributed by atoms with Crippen LogP contribution in [0.2, 0.25) is 0 Å². The van der Waals surface area contributed by atoms with Crippen molar-refractivity contribution in [3.8, 4) is 0 Å². The van der Waals surface area contributed by atoms with Crippen molar-refractivity contribution in [3.63, 3.8) is 0 Å². The Balaban J connectivity index is 1.20. The topological polar surface area (TPSA) is 47.6 Å². The summed E-state index contributed by atoms with van der Waals surface area (Å²) in [5.41, 5.74) is 4.01. The van der Waals surface area contributed by atoms with Gasteiger partial charge in [0.2, 0.25) is 0 Å². The summed E-state index contributed by atoms with van der Waals surface area (Å²) in [7, 11) is 0. The van der Waals surface area contributed by atoms with Gasteiger partial charge in [0.15, 0.2) is 0 Å². The predicted octanol–water partition coefficient (Wildman–Crippen LogP) is 5.80. The van der Waals surface area contributed by atoms with Gasteiger partial charge in [0.1, 0.15) is 6.10 Å². The van der Waals surface area contributed by atoms with Crippen molar-refractivity contribution in [1.29, 1.82) is 0 Å².